The van der Waals surface area contributed by atoms with Gasteiger partial charge in [-0.05, 0) is 48.6 Å². The van der Waals surface area contributed by atoms with E-state index in [4.69, 9.17) is 18.9 Å². The van der Waals surface area contributed by atoms with Gasteiger partial charge in [-0.1, -0.05) is 6.08 Å². The highest BCUT2D eigenvalue weighted by atomic mass is 16.6. The van der Waals surface area contributed by atoms with E-state index in [2.05, 4.69) is 4.74 Å². The Bertz CT molecular complexity index is 580. The fourth-order valence-corrected chi connectivity index (χ4v) is 2.08. The Morgan fingerprint density at radius 3 is 1.69 bits per heavy atom. The second-order valence-electron chi connectivity index (χ2n) is 9.02. The molecule has 0 N–H and O–H groups in total. The molecule has 0 bridgehead atoms. The first-order chi connectivity index (χ1) is 14.7. The first-order valence-electron chi connectivity index (χ1n) is 10.6. The maximum Gasteiger partial charge on any atom is 0.419 e. The maximum absolute atomic E-state index is 12.4. The van der Waals surface area contributed by atoms with Crippen molar-refractivity contribution in [2.24, 2.45) is 0 Å². The van der Waals surface area contributed by atoms with Crippen LogP contribution >= 0.6 is 0 Å². The molecule has 0 atom stereocenters. The van der Waals surface area contributed by atoms with Gasteiger partial charge in [-0.3, -0.25) is 0 Å². The molecule has 0 saturated carbocycles. The quantitative estimate of drug-likeness (QED) is 0.188. The van der Waals surface area contributed by atoms with E-state index in [0.29, 0.717) is 32.9 Å². The topological polar surface area (TPSA) is 104 Å². The Hall–Kier alpha value is -2.17. The second-order valence-corrected chi connectivity index (χ2v) is 9.02. The molecule has 0 aliphatic heterocycles. The summed E-state index contributed by atoms with van der Waals surface area (Å²) in [6, 6.07) is 0. The largest absolute Gasteiger partial charge is 0.466 e. The van der Waals surface area contributed by atoms with Crippen molar-refractivity contribution >= 4 is 18.2 Å². The number of imide groups is 1. The van der Waals surface area contributed by atoms with Gasteiger partial charge in [0.1, 0.15) is 11.2 Å². The zero-order valence-electron chi connectivity index (χ0n) is 20.8. The minimum absolute atomic E-state index is 0.000899. The summed E-state index contributed by atoms with van der Waals surface area (Å²) < 4.78 is 26.1. The molecule has 0 aromatic heterocycles. The van der Waals surface area contributed by atoms with Crippen LogP contribution in [0, 0.1) is 0 Å². The Labute approximate surface area is 191 Å². The number of hydrogen-bond acceptors (Lipinski definition) is 9. The van der Waals surface area contributed by atoms with Gasteiger partial charge in [0, 0.05) is 19.2 Å². The number of carbonyl (C=O) groups excluding carboxylic acids is 3. The van der Waals surface area contributed by atoms with Crippen LogP contribution in [0.2, 0.25) is 0 Å². The normalized spacial score (nSPS) is 12.2. The summed E-state index contributed by atoms with van der Waals surface area (Å²) >= 11 is 0. The van der Waals surface area contributed by atoms with Crippen LogP contribution in [0.3, 0.4) is 0 Å². The van der Waals surface area contributed by atoms with Crippen molar-refractivity contribution in [3.05, 3.63) is 12.2 Å². The van der Waals surface area contributed by atoms with Crippen molar-refractivity contribution in [2.45, 2.75) is 52.7 Å². The Morgan fingerprint density at radius 1 is 0.781 bits per heavy atom. The summed E-state index contributed by atoms with van der Waals surface area (Å²) in [6.45, 7) is 12.9. The monoisotopic (exact) mass is 460 g/mol. The summed E-state index contributed by atoms with van der Waals surface area (Å²) in [5.74, 6) is -0.385. The highest BCUT2D eigenvalue weighted by Gasteiger charge is 2.30. The third-order valence-corrected chi connectivity index (χ3v) is 3.55. The molecule has 0 rings (SSSR count). The third-order valence-electron chi connectivity index (χ3n) is 3.55. The molecule has 0 spiro atoms. The van der Waals surface area contributed by atoms with Gasteiger partial charge in [0.25, 0.3) is 0 Å². The molecular weight excluding hydrogens is 420 g/mol. The molecule has 0 saturated heterocycles. The van der Waals surface area contributed by atoms with Crippen LogP contribution in [-0.2, 0) is 28.5 Å². The lowest BCUT2D eigenvalue weighted by Crippen LogP contribution is -2.45. The lowest BCUT2D eigenvalue weighted by atomic mass is 10.2. The van der Waals surface area contributed by atoms with Crippen LogP contribution in [0.15, 0.2) is 12.2 Å². The number of methoxy groups -OCH3 is 1. The zero-order valence-corrected chi connectivity index (χ0v) is 20.8. The van der Waals surface area contributed by atoms with Crippen LogP contribution in [0.1, 0.15) is 41.5 Å². The fraction of sp³-hybridized carbons (Fsp3) is 0.773. The summed E-state index contributed by atoms with van der Waals surface area (Å²) in [6.07, 6.45) is 1.53. The lowest BCUT2D eigenvalue weighted by Gasteiger charge is -2.28. The Morgan fingerprint density at radius 2 is 1.25 bits per heavy atom. The Kier molecular flexibility index (Phi) is 13.8. The maximum atomic E-state index is 12.4. The molecule has 0 aliphatic rings. The first-order valence-corrected chi connectivity index (χ1v) is 10.6. The van der Waals surface area contributed by atoms with Crippen LogP contribution in [0.4, 0.5) is 9.59 Å². The molecule has 0 aromatic carbocycles. The van der Waals surface area contributed by atoms with Crippen LogP contribution < -0.4 is 0 Å². The standard InChI is InChI=1S/C22H40N2O8/c1-21(2,3)31-19(26)24(20(27)32-22(4,5)6)13-15-30-17-16-29-14-12-23(7)11-9-10-18(25)28-8/h9-10H,11-17H2,1-8H3/b10-9+. The van der Waals surface area contributed by atoms with Crippen molar-refractivity contribution in [1.82, 2.24) is 9.80 Å². The van der Waals surface area contributed by atoms with Gasteiger partial charge in [-0.2, -0.15) is 0 Å². The molecule has 186 valence electrons. The van der Waals surface area contributed by atoms with E-state index in [-0.39, 0.29) is 19.1 Å². The van der Waals surface area contributed by atoms with Crippen molar-refractivity contribution < 1.29 is 38.1 Å². The van der Waals surface area contributed by atoms with E-state index in [0.717, 1.165) is 4.90 Å². The number of nitrogens with zero attached hydrogens (tertiary/aromatic N) is 2. The summed E-state index contributed by atoms with van der Waals surface area (Å²) in [5.41, 5.74) is -1.48. The van der Waals surface area contributed by atoms with Crippen molar-refractivity contribution in [3.63, 3.8) is 0 Å². The van der Waals surface area contributed by atoms with Crippen LogP contribution in [0.5, 0.6) is 0 Å². The van der Waals surface area contributed by atoms with E-state index in [1.807, 2.05) is 11.9 Å². The fourth-order valence-electron chi connectivity index (χ4n) is 2.08. The van der Waals surface area contributed by atoms with E-state index in [9.17, 15) is 14.4 Å². The molecule has 0 heterocycles. The molecule has 0 aromatic rings. The van der Waals surface area contributed by atoms with Gasteiger partial charge in [-0.25, -0.2) is 19.3 Å². The molecule has 32 heavy (non-hydrogen) atoms. The smallest absolute Gasteiger partial charge is 0.419 e. The molecule has 10 nitrogen and oxygen atoms in total. The van der Waals surface area contributed by atoms with Gasteiger partial charge in [0.15, 0.2) is 0 Å². The molecule has 2 amide bonds. The number of ether oxygens (including phenoxy) is 5. The van der Waals surface area contributed by atoms with E-state index >= 15 is 0 Å². The minimum atomic E-state index is -0.782. The number of carbonyl (C=O) groups is 3. The van der Waals surface area contributed by atoms with E-state index in [1.165, 1.54) is 13.2 Å². The molecular formula is C22H40N2O8. The first kappa shape index (κ1) is 29.8. The van der Waals surface area contributed by atoms with E-state index in [1.54, 1.807) is 47.6 Å². The SMILES string of the molecule is COC(=O)/C=C/CN(C)CCOCCOCCN(C(=O)OC(C)(C)C)C(=O)OC(C)(C)C. The molecule has 0 unspecified atom stereocenters. The van der Waals surface area contributed by atoms with Crippen molar-refractivity contribution in [2.75, 3.05) is 60.2 Å². The predicted molar refractivity (Wildman–Crippen MR) is 119 cm³/mol. The number of rotatable bonds is 12. The average Bonchev–Trinajstić information content (AvgIpc) is 2.63. The number of amides is 2. The van der Waals surface area contributed by atoms with Crippen LogP contribution in [0.25, 0.3) is 0 Å². The van der Waals surface area contributed by atoms with Crippen molar-refractivity contribution in [1.29, 1.82) is 0 Å². The Balaban J connectivity index is 4.24. The zero-order chi connectivity index (χ0) is 24.8. The van der Waals surface area contributed by atoms with E-state index < -0.39 is 23.4 Å². The van der Waals surface area contributed by atoms with Crippen molar-refractivity contribution in [3.8, 4) is 0 Å². The average molecular weight is 461 g/mol. The lowest BCUT2D eigenvalue weighted by molar-refractivity contribution is -0.134. The third kappa shape index (κ3) is 16.5. The minimum Gasteiger partial charge on any atom is -0.466 e. The number of esters is 1. The predicted octanol–water partition coefficient (Wildman–Crippen LogP) is 2.85. The number of hydrogen-bond donors (Lipinski definition) is 0. The van der Waals surface area contributed by atoms with Gasteiger partial charge >= 0.3 is 18.2 Å². The molecule has 0 aliphatic carbocycles. The second kappa shape index (κ2) is 14.8. The summed E-state index contributed by atoms with van der Waals surface area (Å²) in [5, 5.41) is 0. The van der Waals surface area contributed by atoms with Gasteiger partial charge < -0.3 is 28.6 Å². The molecule has 10 heteroatoms. The van der Waals surface area contributed by atoms with Gasteiger partial charge in [0.2, 0.25) is 0 Å². The van der Waals surface area contributed by atoms with Gasteiger partial charge in [0.05, 0.1) is 40.1 Å². The van der Waals surface area contributed by atoms with Gasteiger partial charge in [-0.15, -0.1) is 0 Å². The highest BCUT2D eigenvalue weighted by Crippen LogP contribution is 2.14. The highest BCUT2D eigenvalue weighted by molar-refractivity contribution is 5.88. The molecule has 0 fully saturated rings. The molecule has 0 radical (unpaired) electrons. The summed E-state index contributed by atoms with van der Waals surface area (Å²) in [4.78, 5) is 38.6. The number of likely N-dealkylation sites (N-methyl/N-ethyl adjacent to an activating group) is 1. The summed E-state index contributed by atoms with van der Waals surface area (Å²) in [7, 11) is 3.24. The van der Waals surface area contributed by atoms with Crippen LogP contribution in [-0.4, -0.2) is 99.4 Å².